The molecular weight excluding hydrogens is 249 g/mol. The highest BCUT2D eigenvalue weighted by Gasteiger charge is 2.10. The van der Waals surface area contributed by atoms with Gasteiger partial charge in [-0.1, -0.05) is 48.9 Å². The van der Waals surface area contributed by atoms with E-state index < -0.39 is 0 Å². The molecule has 0 spiro atoms. The molecule has 1 nitrogen and oxygen atoms in total. The summed E-state index contributed by atoms with van der Waals surface area (Å²) in [5, 5.41) is 3.49. The Morgan fingerprint density at radius 2 is 1.70 bits per heavy atom. The fourth-order valence-electron chi connectivity index (χ4n) is 2.46. The van der Waals surface area contributed by atoms with Crippen LogP contribution in [0, 0.1) is 12.7 Å². The molecule has 2 aromatic carbocycles. The Balaban J connectivity index is 2.05. The van der Waals surface area contributed by atoms with E-state index in [4.69, 9.17) is 0 Å². The molecular formula is C18H22FN. The van der Waals surface area contributed by atoms with E-state index in [1.165, 1.54) is 17.2 Å². The van der Waals surface area contributed by atoms with E-state index in [-0.39, 0.29) is 5.82 Å². The molecule has 2 rings (SSSR count). The lowest BCUT2D eigenvalue weighted by Gasteiger charge is -2.18. The van der Waals surface area contributed by atoms with E-state index in [1.807, 2.05) is 6.07 Å². The van der Waals surface area contributed by atoms with Crippen molar-refractivity contribution in [3.63, 3.8) is 0 Å². The van der Waals surface area contributed by atoms with Gasteiger partial charge in [0.05, 0.1) is 0 Å². The Morgan fingerprint density at radius 3 is 2.35 bits per heavy atom. The van der Waals surface area contributed by atoms with Crippen LogP contribution in [0.15, 0.2) is 48.5 Å². The third-order valence-corrected chi connectivity index (χ3v) is 3.47. The highest BCUT2D eigenvalue weighted by Crippen LogP contribution is 2.11. The molecule has 2 aromatic rings. The highest BCUT2D eigenvalue weighted by molar-refractivity contribution is 5.23. The molecule has 0 heterocycles. The van der Waals surface area contributed by atoms with Gasteiger partial charge in [-0.2, -0.15) is 0 Å². The highest BCUT2D eigenvalue weighted by atomic mass is 19.1. The number of aryl methyl sites for hydroxylation is 1. The standard InChI is InChI=1S/C18H22FN/c1-3-20-18(12-15-9-7-14(2)8-10-15)13-16-5-4-6-17(19)11-16/h4-11,18,20H,3,12-13H2,1-2H3. The molecule has 20 heavy (non-hydrogen) atoms. The van der Waals surface area contributed by atoms with Crippen LogP contribution in [0.4, 0.5) is 4.39 Å². The van der Waals surface area contributed by atoms with Gasteiger partial charge in [-0.05, 0) is 49.6 Å². The monoisotopic (exact) mass is 271 g/mol. The lowest BCUT2D eigenvalue weighted by Crippen LogP contribution is -2.33. The van der Waals surface area contributed by atoms with Crippen molar-refractivity contribution in [3.8, 4) is 0 Å². The second-order valence-electron chi connectivity index (χ2n) is 5.28. The first-order valence-corrected chi connectivity index (χ1v) is 7.20. The molecule has 0 aliphatic carbocycles. The maximum atomic E-state index is 13.3. The number of nitrogens with one attached hydrogen (secondary N) is 1. The normalized spacial score (nSPS) is 12.3. The summed E-state index contributed by atoms with van der Waals surface area (Å²) >= 11 is 0. The molecule has 0 fully saturated rings. The summed E-state index contributed by atoms with van der Waals surface area (Å²) in [6, 6.07) is 15.8. The second-order valence-corrected chi connectivity index (χ2v) is 5.28. The summed E-state index contributed by atoms with van der Waals surface area (Å²) in [5.41, 5.74) is 3.64. The minimum atomic E-state index is -0.159. The second kappa shape index (κ2) is 7.20. The van der Waals surface area contributed by atoms with Crippen LogP contribution in [-0.2, 0) is 12.8 Å². The first kappa shape index (κ1) is 14.7. The van der Waals surface area contributed by atoms with Crippen LogP contribution < -0.4 is 5.32 Å². The molecule has 106 valence electrons. The Morgan fingerprint density at radius 1 is 1.00 bits per heavy atom. The van der Waals surface area contributed by atoms with Crippen LogP contribution in [0.25, 0.3) is 0 Å². The molecule has 0 radical (unpaired) electrons. The summed E-state index contributed by atoms with van der Waals surface area (Å²) in [4.78, 5) is 0. The lowest BCUT2D eigenvalue weighted by atomic mass is 9.98. The third-order valence-electron chi connectivity index (χ3n) is 3.47. The van der Waals surface area contributed by atoms with E-state index in [2.05, 4.69) is 43.4 Å². The van der Waals surface area contributed by atoms with Crippen molar-refractivity contribution in [2.75, 3.05) is 6.54 Å². The average molecular weight is 271 g/mol. The van der Waals surface area contributed by atoms with E-state index in [9.17, 15) is 4.39 Å². The van der Waals surface area contributed by atoms with Gasteiger partial charge in [0.1, 0.15) is 5.82 Å². The number of rotatable bonds is 6. The molecule has 0 bridgehead atoms. The van der Waals surface area contributed by atoms with Crippen LogP contribution >= 0.6 is 0 Å². The van der Waals surface area contributed by atoms with Gasteiger partial charge in [-0.25, -0.2) is 4.39 Å². The minimum absolute atomic E-state index is 0.159. The number of halogens is 1. The maximum Gasteiger partial charge on any atom is 0.123 e. The quantitative estimate of drug-likeness (QED) is 0.840. The molecule has 0 aliphatic heterocycles. The fraction of sp³-hybridized carbons (Fsp3) is 0.333. The summed E-state index contributed by atoms with van der Waals surface area (Å²) in [7, 11) is 0. The SMILES string of the molecule is CCNC(Cc1ccc(C)cc1)Cc1cccc(F)c1. The van der Waals surface area contributed by atoms with Crippen molar-refractivity contribution in [1.82, 2.24) is 5.32 Å². The number of likely N-dealkylation sites (N-methyl/N-ethyl adjacent to an activating group) is 1. The molecule has 0 aliphatic rings. The zero-order valence-electron chi connectivity index (χ0n) is 12.2. The first-order valence-electron chi connectivity index (χ1n) is 7.20. The van der Waals surface area contributed by atoms with E-state index >= 15 is 0 Å². The molecule has 0 aromatic heterocycles. The fourth-order valence-corrected chi connectivity index (χ4v) is 2.46. The smallest absolute Gasteiger partial charge is 0.123 e. The Kier molecular flexibility index (Phi) is 5.31. The van der Waals surface area contributed by atoms with Crippen molar-refractivity contribution >= 4 is 0 Å². The summed E-state index contributed by atoms with van der Waals surface area (Å²) in [5.74, 6) is -0.159. The Hall–Kier alpha value is -1.67. The van der Waals surface area contributed by atoms with Gasteiger partial charge in [0.15, 0.2) is 0 Å². The maximum absolute atomic E-state index is 13.3. The van der Waals surface area contributed by atoms with E-state index in [0.717, 1.165) is 24.9 Å². The summed E-state index contributed by atoms with van der Waals surface area (Å²) in [6.45, 7) is 5.12. The summed E-state index contributed by atoms with van der Waals surface area (Å²) in [6.07, 6.45) is 1.81. The Labute approximate surface area is 120 Å². The van der Waals surface area contributed by atoms with Crippen molar-refractivity contribution in [1.29, 1.82) is 0 Å². The number of benzene rings is 2. The number of hydrogen-bond acceptors (Lipinski definition) is 1. The van der Waals surface area contributed by atoms with Gasteiger partial charge in [-0.15, -0.1) is 0 Å². The first-order chi connectivity index (χ1) is 9.67. The van der Waals surface area contributed by atoms with Gasteiger partial charge in [0.25, 0.3) is 0 Å². The van der Waals surface area contributed by atoms with Crippen molar-refractivity contribution in [2.45, 2.75) is 32.7 Å². The third kappa shape index (κ3) is 4.46. The largest absolute Gasteiger partial charge is 0.314 e. The van der Waals surface area contributed by atoms with Gasteiger partial charge in [-0.3, -0.25) is 0 Å². The van der Waals surface area contributed by atoms with E-state index in [0.29, 0.717) is 6.04 Å². The van der Waals surface area contributed by atoms with E-state index in [1.54, 1.807) is 12.1 Å². The van der Waals surface area contributed by atoms with Crippen LogP contribution in [0.3, 0.4) is 0 Å². The van der Waals surface area contributed by atoms with Crippen LogP contribution in [-0.4, -0.2) is 12.6 Å². The molecule has 1 atom stereocenters. The molecule has 0 saturated carbocycles. The van der Waals surface area contributed by atoms with Crippen LogP contribution in [0.2, 0.25) is 0 Å². The molecule has 1 N–H and O–H groups in total. The lowest BCUT2D eigenvalue weighted by molar-refractivity contribution is 0.519. The molecule has 1 unspecified atom stereocenters. The van der Waals surface area contributed by atoms with Gasteiger partial charge >= 0.3 is 0 Å². The average Bonchev–Trinajstić information content (AvgIpc) is 2.42. The zero-order valence-corrected chi connectivity index (χ0v) is 12.2. The predicted octanol–water partition coefficient (Wildman–Crippen LogP) is 3.90. The van der Waals surface area contributed by atoms with Crippen LogP contribution in [0.1, 0.15) is 23.6 Å². The van der Waals surface area contributed by atoms with Crippen molar-refractivity contribution < 1.29 is 4.39 Å². The van der Waals surface area contributed by atoms with Gasteiger partial charge in [0.2, 0.25) is 0 Å². The van der Waals surface area contributed by atoms with Gasteiger partial charge in [0, 0.05) is 6.04 Å². The number of hydrogen-bond donors (Lipinski definition) is 1. The predicted molar refractivity (Wildman–Crippen MR) is 82.5 cm³/mol. The van der Waals surface area contributed by atoms with Gasteiger partial charge < -0.3 is 5.32 Å². The topological polar surface area (TPSA) is 12.0 Å². The molecule has 0 saturated heterocycles. The van der Waals surface area contributed by atoms with Crippen LogP contribution in [0.5, 0.6) is 0 Å². The van der Waals surface area contributed by atoms with Crippen molar-refractivity contribution in [3.05, 3.63) is 71.0 Å². The summed E-state index contributed by atoms with van der Waals surface area (Å²) < 4.78 is 13.3. The molecule has 2 heteroatoms. The zero-order chi connectivity index (χ0) is 14.4. The van der Waals surface area contributed by atoms with Crippen molar-refractivity contribution in [2.24, 2.45) is 0 Å². The molecule has 0 amide bonds. The Bertz CT molecular complexity index is 533. The minimum Gasteiger partial charge on any atom is -0.314 e.